The van der Waals surface area contributed by atoms with E-state index in [-0.39, 0.29) is 6.42 Å². The van der Waals surface area contributed by atoms with Gasteiger partial charge in [-0.05, 0) is 13.0 Å². The SMILES string of the molecule is N#CC[C@@]1(O)CCNC1. The average molecular weight is 126 g/mol. The number of rotatable bonds is 1. The van der Waals surface area contributed by atoms with Crippen molar-refractivity contribution in [2.45, 2.75) is 18.4 Å². The number of β-amino-alcohol motifs (C(OH)–C–C–N with tert-alkyl or cyclic N) is 1. The molecule has 0 saturated carbocycles. The second-order valence-corrected chi connectivity index (χ2v) is 2.49. The minimum atomic E-state index is -0.727. The molecule has 2 N–H and O–H groups in total. The molecule has 0 amide bonds. The Morgan fingerprint density at radius 3 is 3.00 bits per heavy atom. The van der Waals surface area contributed by atoms with Gasteiger partial charge < -0.3 is 10.4 Å². The first-order chi connectivity index (χ1) is 4.27. The first-order valence-corrected chi connectivity index (χ1v) is 3.07. The first-order valence-electron chi connectivity index (χ1n) is 3.07. The van der Waals surface area contributed by atoms with Gasteiger partial charge in [0.25, 0.3) is 0 Å². The predicted molar refractivity (Wildman–Crippen MR) is 32.7 cm³/mol. The molecule has 1 heterocycles. The Balaban J connectivity index is 2.43. The second-order valence-electron chi connectivity index (χ2n) is 2.49. The van der Waals surface area contributed by atoms with Crippen molar-refractivity contribution >= 4 is 0 Å². The van der Waals surface area contributed by atoms with Crippen molar-refractivity contribution in [1.29, 1.82) is 5.26 Å². The molecule has 0 bridgehead atoms. The monoisotopic (exact) mass is 126 g/mol. The molecule has 0 aromatic heterocycles. The van der Waals surface area contributed by atoms with E-state index in [0.717, 1.165) is 6.54 Å². The van der Waals surface area contributed by atoms with Gasteiger partial charge >= 0.3 is 0 Å². The molecule has 1 atom stereocenters. The Labute approximate surface area is 54.3 Å². The van der Waals surface area contributed by atoms with Crippen molar-refractivity contribution in [3.8, 4) is 6.07 Å². The molecular formula is C6H10N2O. The summed E-state index contributed by atoms with van der Waals surface area (Å²) in [6, 6.07) is 1.96. The van der Waals surface area contributed by atoms with Gasteiger partial charge in [-0.1, -0.05) is 0 Å². The van der Waals surface area contributed by atoms with Crippen LogP contribution < -0.4 is 5.32 Å². The van der Waals surface area contributed by atoms with Gasteiger partial charge in [0.15, 0.2) is 0 Å². The molecule has 0 unspecified atom stereocenters. The smallest absolute Gasteiger partial charge is 0.0912 e. The van der Waals surface area contributed by atoms with Gasteiger partial charge in [0.2, 0.25) is 0 Å². The van der Waals surface area contributed by atoms with Crippen LogP contribution in [0.3, 0.4) is 0 Å². The molecule has 9 heavy (non-hydrogen) atoms. The lowest BCUT2D eigenvalue weighted by atomic mass is 10.0. The van der Waals surface area contributed by atoms with Gasteiger partial charge in [-0.25, -0.2) is 0 Å². The van der Waals surface area contributed by atoms with Crippen molar-refractivity contribution < 1.29 is 5.11 Å². The third-order valence-corrected chi connectivity index (χ3v) is 1.63. The quantitative estimate of drug-likeness (QED) is 0.503. The molecule has 50 valence electrons. The summed E-state index contributed by atoms with van der Waals surface area (Å²) in [5.74, 6) is 0. The zero-order valence-corrected chi connectivity index (χ0v) is 5.22. The molecule has 1 fully saturated rings. The number of hydrogen-bond acceptors (Lipinski definition) is 3. The predicted octanol–water partition coefficient (Wildman–Crippen LogP) is -0.376. The fourth-order valence-electron chi connectivity index (χ4n) is 1.03. The van der Waals surface area contributed by atoms with Crippen LogP contribution in [-0.4, -0.2) is 23.8 Å². The summed E-state index contributed by atoms with van der Waals surface area (Å²) in [4.78, 5) is 0. The lowest BCUT2D eigenvalue weighted by Crippen LogP contribution is -2.30. The summed E-state index contributed by atoms with van der Waals surface area (Å²) in [6.45, 7) is 1.40. The molecule has 0 spiro atoms. The third-order valence-electron chi connectivity index (χ3n) is 1.63. The molecular weight excluding hydrogens is 116 g/mol. The average Bonchev–Trinajstić information content (AvgIpc) is 2.16. The Kier molecular flexibility index (Phi) is 1.70. The molecule has 3 nitrogen and oxygen atoms in total. The van der Waals surface area contributed by atoms with Gasteiger partial charge in [0.1, 0.15) is 0 Å². The van der Waals surface area contributed by atoms with Crippen LogP contribution in [0.2, 0.25) is 0 Å². The first kappa shape index (κ1) is 6.53. The summed E-state index contributed by atoms with van der Waals surface area (Å²) in [5.41, 5.74) is -0.727. The van der Waals surface area contributed by atoms with Crippen LogP contribution in [-0.2, 0) is 0 Å². The standard InChI is InChI=1S/C6H10N2O/c7-3-1-6(9)2-4-8-5-6/h8-9H,1-2,4-5H2/t6-/m1/s1. The summed E-state index contributed by atoms with van der Waals surface area (Å²) in [5, 5.41) is 20.7. The van der Waals surface area contributed by atoms with Crippen LogP contribution in [0, 0.1) is 11.3 Å². The van der Waals surface area contributed by atoms with Gasteiger partial charge in [0.05, 0.1) is 18.1 Å². The van der Waals surface area contributed by atoms with E-state index in [1.807, 2.05) is 6.07 Å². The summed E-state index contributed by atoms with van der Waals surface area (Å²) >= 11 is 0. The van der Waals surface area contributed by atoms with Gasteiger partial charge in [-0.3, -0.25) is 0 Å². The molecule has 1 saturated heterocycles. The highest BCUT2D eigenvalue weighted by Gasteiger charge is 2.30. The van der Waals surface area contributed by atoms with Crippen LogP contribution in [0.4, 0.5) is 0 Å². The summed E-state index contributed by atoms with van der Waals surface area (Å²) in [6.07, 6.45) is 0.959. The number of nitrogens with zero attached hydrogens (tertiary/aromatic N) is 1. The van der Waals surface area contributed by atoms with Crippen LogP contribution in [0.1, 0.15) is 12.8 Å². The van der Waals surface area contributed by atoms with E-state index in [9.17, 15) is 5.11 Å². The van der Waals surface area contributed by atoms with Crippen molar-refractivity contribution in [3.05, 3.63) is 0 Å². The second kappa shape index (κ2) is 2.34. The molecule has 0 radical (unpaired) electrons. The van der Waals surface area contributed by atoms with E-state index in [1.54, 1.807) is 0 Å². The zero-order valence-electron chi connectivity index (χ0n) is 5.22. The Hall–Kier alpha value is -0.590. The highest BCUT2D eigenvalue weighted by molar-refractivity contribution is 4.94. The van der Waals surface area contributed by atoms with E-state index >= 15 is 0 Å². The minimum absolute atomic E-state index is 0.250. The fraction of sp³-hybridized carbons (Fsp3) is 0.833. The maximum atomic E-state index is 9.41. The molecule has 3 heteroatoms. The van der Waals surface area contributed by atoms with Gasteiger partial charge in [0, 0.05) is 6.54 Å². The lowest BCUT2D eigenvalue weighted by Gasteiger charge is -2.15. The Bertz CT molecular complexity index is 132. The van der Waals surface area contributed by atoms with E-state index in [2.05, 4.69) is 5.32 Å². The van der Waals surface area contributed by atoms with Crippen LogP contribution >= 0.6 is 0 Å². The van der Waals surface area contributed by atoms with Crippen molar-refractivity contribution in [1.82, 2.24) is 5.32 Å². The maximum Gasteiger partial charge on any atom is 0.0912 e. The van der Waals surface area contributed by atoms with Crippen LogP contribution in [0.25, 0.3) is 0 Å². The van der Waals surface area contributed by atoms with E-state index < -0.39 is 5.60 Å². The summed E-state index contributed by atoms with van der Waals surface area (Å²) in [7, 11) is 0. The molecule has 0 aromatic rings. The van der Waals surface area contributed by atoms with Crippen LogP contribution in [0.5, 0.6) is 0 Å². The normalized spacial score (nSPS) is 34.2. The highest BCUT2D eigenvalue weighted by atomic mass is 16.3. The Morgan fingerprint density at radius 2 is 2.56 bits per heavy atom. The highest BCUT2D eigenvalue weighted by Crippen LogP contribution is 2.16. The van der Waals surface area contributed by atoms with Gasteiger partial charge in [-0.15, -0.1) is 0 Å². The van der Waals surface area contributed by atoms with Crippen LogP contribution in [0.15, 0.2) is 0 Å². The topological polar surface area (TPSA) is 56.0 Å². The van der Waals surface area contributed by atoms with E-state index in [1.165, 1.54) is 0 Å². The summed E-state index contributed by atoms with van der Waals surface area (Å²) < 4.78 is 0. The molecule has 1 rings (SSSR count). The van der Waals surface area contributed by atoms with Crippen molar-refractivity contribution in [2.75, 3.05) is 13.1 Å². The number of hydrogen-bond donors (Lipinski definition) is 2. The lowest BCUT2D eigenvalue weighted by molar-refractivity contribution is 0.0665. The third kappa shape index (κ3) is 1.41. The molecule has 1 aliphatic heterocycles. The number of aliphatic hydroxyl groups is 1. The molecule has 0 aliphatic carbocycles. The Morgan fingerprint density at radius 1 is 1.78 bits per heavy atom. The fourth-order valence-corrected chi connectivity index (χ4v) is 1.03. The number of nitrogens with one attached hydrogen (secondary N) is 1. The number of nitriles is 1. The molecule has 0 aromatic carbocycles. The van der Waals surface area contributed by atoms with Gasteiger partial charge in [-0.2, -0.15) is 5.26 Å². The van der Waals surface area contributed by atoms with E-state index in [0.29, 0.717) is 13.0 Å². The van der Waals surface area contributed by atoms with E-state index in [4.69, 9.17) is 5.26 Å². The van der Waals surface area contributed by atoms with Crippen molar-refractivity contribution in [3.63, 3.8) is 0 Å². The zero-order chi connectivity index (χ0) is 6.74. The largest absolute Gasteiger partial charge is 0.387 e. The maximum absolute atomic E-state index is 9.41. The minimum Gasteiger partial charge on any atom is -0.387 e. The van der Waals surface area contributed by atoms with Crippen molar-refractivity contribution in [2.24, 2.45) is 0 Å². The molecule has 1 aliphatic rings.